The lowest BCUT2D eigenvalue weighted by Crippen LogP contribution is -2.49. The molecule has 1 N–H and O–H groups in total. The number of nitrogens with zero attached hydrogens (tertiary/aromatic N) is 2. The number of amides is 2. The number of hydrogen-bond donors (Lipinski definition) is 1. The van der Waals surface area contributed by atoms with Crippen LogP contribution in [0.15, 0.2) is 18.3 Å². The molecule has 2 amide bonds. The van der Waals surface area contributed by atoms with Crippen LogP contribution >= 0.6 is 0 Å². The third-order valence-electron chi connectivity index (χ3n) is 5.70. The van der Waals surface area contributed by atoms with Gasteiger partial charge in [-0.05, 0) is 44.6 Å². The summed E-state index contributed by atoms with van der Waals surface area (Å²) in [6.07, 6.45) is -15.0. The number of alkyl halides is 6. The first kappa shape index (κ1) is 24.9. The molecule has 0 aromatic carbocycles. The van der Waals surface area contributed by atoms with E-state index in [9.17, 15) is 35.9 Å². The quantitative estimate of drug-likeness (QED) is 0.622. The van der Waals surface area contributed by atoms with E-state index in [1.165, 1.54) is 6.20 Å². The Bertz CT molecular complexity index is 850. The summed E-state index contributed by atoms with van der Waals surface area (Å²) in [5, 5.41) is 2.74. The third-order valence-corrected chi connectivity index (χ3v) is 5.70. The van der Waals surface area contributed by atoms with Gasteiger partial charge in [-0.2, -0.15) is 26.3 Å². The number of anilines is 1. The van der Waals surface area contributed by atoms with Gasteiger partial charge in [0.2, 0.25) is 11.8 Å². The monoisotopic (exact) mass is 483 g/mol. The zero-order valence-corrected chi connectivity index (χ0v) is 17.8. The van der Waals surface area contributed by atoms with Gasteiger partial charge in [-0.25, -0.2) is 9.78 Å². The van der Waals surface area contributed by atoms with Crippen molar-refractivity contribution in [2.45, 2.75) is 57.7 Å². The van der Waals surface area contributed by atoms with Crippen LogP contribution in [0.1, 0.15) is 33.1 Å². The number of hydrogen-bond acceptors (Lipinski definition) is 5. The maximum absolute atomic E-state index is 12.6. The number of halogens is 6. The van der Waals surface area contributed by atoms with Crippen LogP contribution in [0.2, 0.25) is 0 Å². The summed E-state index contributed by atoms with van der Waals surface area (Å²) in [6, 6.07) is 3.24. The molecule has 1 saturated heterocycles. The number of likely N-dealkylation sites (tertiary alicyclic amines) is 1. The SMILES string of the molecule is CC(C)Oc1ccc(NC(=O)[C@@H]2CC23CCN(C(=O)OC(C(F)(F)F)C(F)(F)F)CC3)cn1. The number of carbonyl (C=O) groups is 2. The fourth-order valence-electron chi connectivity index (χ4n) is 3.89. The molecule has 2 aliphatic rings. The molecule has 1 spiro atoms. The lowest BCUT2D eigenvalue weighted by Gasteiger charge is -2.33. The van der Waals surface area contributed by atoms with Crippen molar-refractivity contribution in [2.75, 3.05) is 18.4 Å². The molecular weight excluding hydrogens is 460 g/mol. The Labute approximate surface area is 185 Å². The largest absolute Gasteiger partial charge is 0.475 e. The summed E-state index contributed by atoms with van der Waals surface area (Å²) in [5.74, 6) is -0.233. The van der Waals surface area contributed by atoms with Gasteiger partial charge in [-0.15, -0.1) is 0 Å². The Kier molecular flexibility index (Phi) is 6.72. The van der Waals surface area contributed by atoms with Crippen LogP contribution in [0.5, 0.6) is 5.88 Å². The smallest absolute Gasteiger partial charge is 0.434 e. The van der Waals surface area contributed by atoms with Crippen LogP contribution in [0.25, 0.3) is 0 Å². The van der Waals surface area contributed by atoms with E-state index < -0.39 is 30.0 Å². The predicted octanol–water partition coefficient (Wildman–Crippen LogP) is 4.54. The van der Waals surface area contributed by atoms with Crippen molar-refractivity contribution in [1.82, 2.24) is 9.88 Å². The van der Waals surface area contributed by atoms with Crippen molar-refractivity contribution < 1.29 is 45.4 Å². The van der Waals surface area contributed by atoms with Crippen LogP contribution in [0.3, 0.4) is 0 Å². The summed E-state index contributed by atoms with van der Waals surface area (Å²) in [5.41, 5.74) is 0.0205. The number of pyridine rings is 1. The number of rotatable bonds is 5. The second-order valence-corrected chi connectivity index (χ2v) is 8.49. The zero-order valence-electron chi connectivity index (χ0n) is 17.8. The van der Waals surface area contributed by atoms with Crippen molar-refractivity contribution >= 4 is 17.7 Å². The topological polar surface area (TPSA) is 80.8 Å². The Morgan fingerprint density at radius 3 is 2.21 bits per heavy atom. The highest BCUT2D eigenvalue weighted by atomic mass is 19.4. The van der Waals surface area contributed by atoms with Crippen LogP contribution in [-0.4, -0.2) is 59.5 Å². The average Bonchev–Trinajstić information content (AvgIpc) is 3.39. The van der Waals surface area contributed by atoms with E-state index in [-0.39, 0.29) is 43.9 Å². The Morgan fingerprint density at radius 2 is 1.73 bits per heavy atom. The van der Waals surface area contributed by atoms with Crippen molar-refractivity contribution in [3.8, 4) is 5.88 Å². The molecule has 2 heterocycles. The highest BCUT2D eigenvalue weighted by molar-refractivity contribution is 5.95. The summed E-state index contributed by atoms with van der Waals surface area (Å²) in [4.78, 5) is 29.4. The van der Waals surface area contributed by atoms with Crippen LogP contribution in [-0.2, 0) is 9.53 Å². The highest BCUT2D eigenvalue weighted by Gasteiger charge is 2.61. The third kappa shape index (κ3) is 5.99. The fourth-order valence-corrected chi connectivity index (χ4v) is 3.89. The summed E-state index contributed by atoms with van der Waals surface area (Å²) in [6.45, 7) is 3.49. The average molecular weight is 483 g/mol. The van der Waals surface area contributed by atoms with Gasteiger partial charge in [-0.1, -0.05) is 0 Å². The van der Waals surface area contributed by atoms with Crippen molar-refractivity contribution in [1.29, 1.82) is 0 Å². The lowest BCUT2D eigenvalue weighted by atomic mass is 9.91. The van der Waals surface area contributed by atoms with E-state index in [0.29, 0.717) is 18.0 Å². The van der Waals surface area contributed by atoms with Crippen LogP contribution in [0, 0.1) is 11.3 Å². The van der Waals surface area contributed by atoms with Crippen LogP contribution in [0.4, 0.5) is 36.8 Å². The van der Waals surface area contributed by atoms with E-state index in [1.54, 1.807) is 12.1 Å². The molecule has 3 rings (SSSR count). The standard InChI is InChI=1S/C20H23F6N3O4/c1-11(2)32-14-4-3-12(10-27-14)28-15(30)13-9-18(13)5-7-29(8-6-18)17(31)33-16(19(21,22)23)20(24,25)26/h3-4,10-11,13,16H,5-9H2,1-2H3,(H,28,30)/t13-/m0/s1. The molecule has 0 unspecified atom stereocenters. The van der Waals surface area contributed by atoms with E-state index in [2.05, 4.69) is 15.0 Å². The molecule has 1 saturated carbocycles. The number of ether oxygens (including phenoxy) is 2. The van der Waals surface area contributed by atoms with Gasteiger partial charge < -0.3 is 19.7 Å². The van der Waals surface area contributed by atoms with Crippen LogP contribution < -0.4 is 10.1 Å². The Hall–Kier alpha value is -2.73. The molecule has 184 valence electrons. The van der Waals surface area contributed by atoms with Gasteiger partial charge in [-0.3, -0.25) is 4.79 Å². The molecule has 1 aliphatic carbocycles. The second kappa shape index (κ2) is 8.90. The first-order chi connectivity index (χ1) is 15.2. The van der Waals surface area contributed by atoms with E-state index in [0.717, 1.165) is 4.90 Å². The minimum absolute atomic E-state index is 0.0553. The van der Waals surface area contributed by atoms with Gasteiger partial charge in [0, 0.05) is 25.1 Å². The molecule has 2 fully saturated rings. The minimum Gasteiger partial charge on any atom is -0.475 e. The predicted molar refractivity (Wildman–Crippen MR) is 102 cm³/mol. The van der Waals surface area contributed by atoms with E-state index >= 15 is 0 Å². The summed E-state index contributed by atoms with van der Waals surface area (Å²) in [7, 11) is 0. The maximum atomic E-state index is 12.6. The van der Waals surface area contributed by atoms with Gasteiger partial charge >= 0.3 is 18.4 Å². The van der Waals surface area contributed by atoms with E-state index in [4.69, 9.17) is 4.74 Å². The molecule has 33 heavy (non-hydrogen) atoms. The first-order valence-corrected chi connectivity index (χ1v) is 10.2. The molecule has 1 aliphatic heterocycles. The molecule has 0 bridgehead atoms. The number of piperidine rings is 1. The number of aromatic nitrogens is 1. The molecule has 1 aromatic heterocycles. The minimum atomic E-state index is -5.77. The van der Waals surface area contributed by atoms with Gasteiger partial charge in [0.15, 0.2) is 0 Å². The molecule has 0 radical (unpaired) electrons. The molecule has 7 nitrogen and oxygen atoms in total. The first-order valence-electron chi connectivity index (χ1n) is 10.2. The summed E-state index contributed by atoms with van der Waals surface area (Å²) >= 11 is 0. The zero-order chi connectivity index (χ0) is 24.6. The normalized spacial score (nSPS) is 20.2. The van der Waals surface area contributed by atoms with Crippen molar-refractivity contribution in [3.05, 3.63) is 18.3 Å². The Morgan fingerprint density at radius 1 is 1.12 bits per heavy atom. The van der Waals surface area contributed by atoms with E-state index in [1.807, 2.05) is 13.8 Å². The molecular formula is C20H23F6N3O4. The van der Waals surface area contributed by atoms with Crippen molar-refractivity contribution in [2.24, 2.45) is 11.3 Å². The van der Waals surface area contributed by atoms with Crippen molar-refractivity contribution in [3.63, 3.8) is 0 Å². The Balaban J connectivity index is 1.51. The number of nitrogens with one attached hydrogen (secondary N) is 1. The second-order valence-electron chi connectivity index (χ2n) is 8.49. The van der Waals surface area contributed by atoms with Gasteiger partial charge in [0.1, 0.15) is 0 Å². The number of carbonyl (C=O) groups excluding carboxylic acids is 2. The maximum Gasteiger partial charge on any atom is 0.434 e. The summed E-state index contributed by atoms with van der Waals surface area (Å²) < 4.78 is 84.8. The highest BCUT2D eigenvalue weighted by Crippen LogP contribution is 2.59. The molecule has 1 aromatic rings. The van der Waals surface area contributed by atoms with Gasteiger partial charge in [0.05, 0.1) is 18.0 Å². The fraction of sp³-hybridized carbons (Fsp3) is 0.650. The molecule has 1 atom stereocenters. The molecule has 13 heteroatoms. The van der Waals surface area contributed by atoms with Gasteiger partial charge in [0.25, 0.3) is 6.10 Å². The lowest BCUT2D eigenvalue weighted by molar-refractivity contribution is -0.308.